The summed E-state index contributed by atoms with van der Waals surface area (Å²) < 4.78 is 11.7. The molecule has 0 saturated heterocycles. The highest BCUT2D eigenvalue weighted by molar-refractivity contribution is 7.22. The summed E-state index contributed by atoms with van der Waals surface area (Å²) >= 11 is 0. The molecule has 0 aliphatic rings. The van der Waals surface area contributed by atoms with E-state index in [0.29, 0.717) is 0 Å². The van der Waals surface area contributed by atoms with Crippen LogP contribution in [0.25, 0.3) is 11.2 Å². The normalized spacial score (nSPS) is 11.1. The van der Waals surface area contributed by atoms with Crippen LogP contribution in [0.2, 0.25) is 0 Å². The van der Waals surface area contributed by atoms with Crippen molar-refractivity contribution in [3.8, 4) is 0 Å². The van der Waals surface area contributed by atoms with Crippen LogP contribution in [0.3, 0.4) is 0 Å². The molecule has 0 aliphatic heterocycles. The number of aromatic nitrogens is 4. The summed E-state index contributed by atoms with van der Waals surface area (Å²) in [4.78, 5) is 21.0. The van der Waals surface area contributed by atoms with Crippen molar-refractivity contribution < 1.29 is 4.57 Å². The molecule has 0 spiro atoms. The number of anilines is 1. The molecule has 8 heteroatoms. The third-order valence-corrected chi connectivity index (χ3v) is 1.96. The van der Waals surface area contributed by atoms with E-state index in [1.54, 1.807) is 0 Å². The van der Waals surface area contributed by atoms with Gasteiger partial charge in [-0.25, -0.2) is 13.9 Å². The molecule has 3 N–H and O–H groups in total. The lowest BCUT2D eigenvalue weighted by molar-refractivity contribution is 0.595. The number of fused-ring (bicyclic) bond motifs is 1. The van der Waals surface area contributed by atoms with E-state index in [2.05, 4.69) is 15.0 Å². The Morgan fingerprint density at radius 2 is 2.38 bits per heavy atom. The molecule has 0 amide bonds. The summed E-state index contributed by atoms with van der Waals surface area (Å²) in [6, 6.07) is 0. The van der Waals surface area contributed by atoms with E-state index in [1.165, 1.54) is 10.7 Å². The van der Waals surface area contributed by atoms with Gasteiger partial charge in [-0.1, -0.05) is 0 Å². The van der Waals surface area contributed by atoms with Crippen molar-refractivity contribution in [2.45, 2.75) is 0 Å². The Bertz CT molecular complexity index is 529. The van der Waals surface area contributed by atoms with Gasteiger partial charge in [0.2, 0.25) is 5.95 Å². The number of aromatic amines is 1. The molecule has 0 radical (unpaired) electrons. The van der Waals surface area contributed by atoms with Crippen LogP contribution in [0.4, 0.5) is 5.95 Å². The number of hydrogen-bond donors (Lipinski definition) is 2. The number of rotatable bonds is 1. The molecular weight excluding hydrogens is 193 g/mol. The minimum Gasteiger partial charge on any atom is -0.369 e. The molecule has 0 atom stereocenters. The van der Waals surface area contributed by atoms with E-state index in [1.807, 2.05) is 0 Å². The molecule has 7 nitrogen and oxygen atoms in total. The summed E-state index contributed by atoms with van der Waals surface area (Å²) in [6.45, 7) is 0. The number of nitrogens with two attached hydrogens (primary N) is 1. The largest absolute Gasteiger partial charge is 0.369 e. The monoisotopic (exact) mass is 197 g/mol. The van der Waals surface area contributed by atoms with E-state index < -0.39 is 5.56 Å². The number of nitrogen functional groups attached to an aromatic ring is 1. The van der Waals surface area contributed by atoms with Gasteiger partial charge in [-0.15, -0.1) is 0 Å². The fourth-order valence-corrected chi connectivity index (χ4v) is 1.29. The lowest BCUT2D eigenvalue weighted by atomic mass is 10.5. The number of nitrogens with zero attached hydrogens (tertiary/aromatic N) is 3. The first kappa shape index (κ1) is 7.88. The second kappa shape index (κ2) is 2.63. The Morgan fingerprint density at radius 3 is 3.08 bits per heavy atom. The van der Waals surface area contributed by atoms with Crippen molar-refractivity contribution in [3.05, 3.63) is 16.7 Å². The van der Waals surface area contributed by atoms with Crippen molar-refractivity contribution in [2.24, 2.45) is 0 Å². The minimum absolute atomic E-state index is 0.0251. The van der Waals surface area contributed by atoms with Gasteiger partial charge in [-0.3, -0.25) is 9.78 Å². The van der Waals surface area contributed by atoms with Gasteiger partial charge >= 0.3 is 0 Å². The molecular formula is C5H4N5O2P. The topological polar surface area (TPSA) is 107 Å². The van der Waals surface area contributed by atoms with Gasteiger partial charge in [-0.2, -0.15) is 4.98 Å². The highest BCUT2D eigenvalue weighted by Crippen LogP contribution is 2.11. The van der Waals surface area contributed by atoms with Gasteiger partial charge in [0.1, 0.15) is 6.33 Å². The lowest BCUT2D eigenvalue weighted by Crippen LogP contribution is -2.11. The van der Waals surface area contributed by atoms with Crippen LogP contribution < -0.4 is 11.3 Å². The lowest BCUT2D eigenvalue weighted by Gasteiger charge is -1.92. The second-order valence-corrected chi connectivity index (χ2v) is 2.89. The first-order chi connectivity index (χ1) is 6.22. The summed E-state index contributed by atoms with van der Waals surface area (Å²) in [5.74, 6) is -0.0251. The van der Waals surface area contributed by atoms with Crippen molar-refractivity contribution in [3.63, 3.8) is 0 Å². The van der Waals surface area contributed by atoms with Gasteiger partial charge in [0.15, 0.2) is 11.2 Å². The van der Waals surface area contributed by atoms with Gasteiger partial charge in [0.25, 0.3) is 14.2 Å². The highest BCUT2D eigenvalue weighted by Gasteiger charge is 2.08. The average molecular weight is 197 g/mol. The third-order valence-electron chi connectivity index (χ3n) is 1.50. The Kier molecular flexibility index (Phi) is 1.60. The van der Waals surface area contributed by atoms with E-state index >= 15 is 0 Å². The minimum atomic E-state index is -0.440. The Balaban J connectivity index is 2.98. The molecule has 0 aromatic carbocycles. The van der Waals surface area contributed by atoms with Crippen LogP contribution in [0.5, 0.6) is 0 Å². The zero-order chi connectivity index (χ0) is 9.42. The van der Waals surface area contributed by atoms with Gasteiger partial charge in [-0.05, 0) is 0 Å². The van der Waals surface area contributed by atoms with Crippen molar-refractivity contribution >= 4 is 25.7 Å². The molecule has 0 bridgehead atoms. The van der Waals surface area contributed by atoms with Gasteiger partial charge < -0.3 is 5.73 Å². The summed E-state index contributed by atoms with van der Waals surface area (Å²) in [5.41, 5.74) is 5.18. The first-order valence-electron chi connectivity index (χ1n) is 3.29. The number of hydrogen-bond acceptors (Lipinski definition) is 5. The standard InChI is InChI=1S/C5H4N5O2P/c6-5-8-3-2(4(11)9-5)7-1-10(3)13-12/h1H,(H3,6,8,9,11). The van der Waals surface area contributed by atoms with Crippen molar-refractivity contribution in [1.82, 2.24) is 19.3 Å². The Labute approximate surface area is 72.9 Å². The van der Waals surface area contributed by atoms with Crippen LogP contribution in [0.15, 0.2) is 11.1 Å². The van der Waals surface area contributed by atoms with E-state index in [4.69, 9.17) is 5.73 Å². The maximum atomic E-state index is 11.2. The van der Waals surface area contributed by atoms with E-state index in [-0.39, 0.29) is 25.7 Å². The van der Waals surface area contributed by atoms with Crippen LogP contribution in [-0.2, 0) is 4.57 Å². The second-order valence-electron chi connectivity index (χ2n) is 2.29. The van der Waals surface area contributed by atoms with Crippen LogP contribution >= 0.6 is 8.61 Å². The van der Waals surface area contributed by atoms with Crippen molar-refractivity contribution in [2.75, 3.05) is 5.73 Å². The van der Waals surface area contributed by atoms with E-state index in [9.17, 15) is 9.36 Å². The Morgan fingerprint density at radius 1 is 1.62 bits per heavy atom. The molecule has 2 aromatic rings. The fraction of sp³-hybridized carbons (Fsp3) is 0. The van der Waals surface area contributed by atoms with E-state index in [0.717, 1.165) is 0 Å². The highest BCUT2D eigenvalue weighted by atomic mass is 31.1. The zero-order valence-corrected chi connectivity index (χ0v) is 7.15. The number of nitrogens with one attached hydrogen (secondary N) is 1. The van der Waals surface area contributed by atoms with Crippen LogP contribution in [0.1, 0.15) is 0 Å². The van der Waals surface area contributed by atoms with Crippen molar-refractivity contribution in [1.29, 1.82) is 0 Å². The molecule has 2 rings (SSSR count). The third kappa shape index (κ3) is 1.09. The molecule has 2 aromatic heterocycles. The summed E-state index contributed by atoms with van der Waals surface area (Å²) in [6.07, 6.45) is 1.25. The SMILES string of the molecule is Nc1nc2c(ncn2P=O)c(=O)[nH]1. The summed E-state index contributed by atoms with van der Waals surface area (Å²) in [5, 5.41) is 0. The quantitative estimate of drug-likeness (QED) is 0.613. The number of H-pyrrole nitrogens is 1. The smallest absolute Gasteiger partial charge is 0.289 e. The Hall–Kier alpha value is -1.75. The van der Waals surface area contributed by atoms with Crippen LogP contribution in [-0.4, -0.2) is 19.3 Å². The van der Waals surface area contributed by atoms with Gasteiger partial charge in [0.05, 0.1) is 0 Å². The van der Waals surface area contributed by atoms with Gasteiger partial charge in [0, 0.05) is 0 Å². The molecule has 0 unspecified atom stereocenters. The molecule has 0 fully saturated rings. The maximum Gasteiger partial charge on any atom is 0.289 e. The maximum absolute atomic E-state index is 11.2. The predicted molar refractivity (Wildman–Crippen MR) is 45.6 cm³/mol. The fourth-order valence-electron chi connectivity index (χ4n) is 0.975. The first-order valence-corrected chi connectivity index (χ1v) is 4.05. The zero-order valence-electron chi connectivity index (χ0n) is 6.26. The molecule has 2 heterocycles. The summed E-state index contributed by atoms with van der Waals surface area (Å²) in [7, 11) is -0.305. The average Bonchev–Trinajstić information content (AvgIpc) is 2.47. The molecule has 0 saturated carbocycles. The predicted octanol–water partition coefficient (Wildman–Crippen LogP) is -0.243. The number of imidazole rings is 1. The van der Waals surface area contributed by atoms with Crippen LogP contribution in [0, 0.1) is 0 Å². The molecule has 66 valence electrons. The molecule has 0 aliphatic carbocycles. The molecule has 13 heavy (non-hydrogen) atoms.